The first-order valence-corrected chi connectivity index (χ1v) is 28.2. The van der Waals surface area contributed by atoms with Gasteiger partial charge < -0.3 is 66.0 Å². The number of esters is 1. The number of carbonyl (C=O) groups excluding carboxylic acids is 6. The topological polar surface area (TPSA) is 314 Å². The van der Waals surface area contributed by atoms with Crippen molar-refractivity contribution in [2.24, 2.45) is 47.3 Å². The Kier molecular flexibility index (Phi) is 22.0. The molecule has 1 saturated carbocycles. The van der Waals surface area contributed by atoms with Gasteiger partial charge in [-0.2, -0.15) is 0 Å². The van der Waals surface area contributed by atoms with Crippen molar-refractivity contribution < 1.29 is 78.4 Å². The maximum absolute atomic E-state index is 14.9. The number of fused-ring (bicyclic) bond motifs is 2. The third-order valence-corrected chi connectivity index (χ3v) is 17.3. The molecule has 1 aromatic carbocycles. The van der Waals surface area contributed by atoms with Gasteiger partial charge in [-0.1, -0.05) is 71.9 Å². The van der Waals surface area contributed by atoms with E-state index in [0.717, 1.165) is 29.6 Å². The minimum absolute atomic E-state index is 0.0115. The average Bonchev–Trinajstić information content (AvgIpc) is 3.26. The van der Waals surface area contributed by atoms with Crippen LogP contribution in [-0.4, -0.2) is 149 Å². The number of Topliss-reactive ketones (excluding diaryl/α,β-unsaturated/α-hetero) is 1. The number of nitrogens with one attached hydrogen (secondary N) is 4. The largest absolute Gasteiger partial charge is 0.508 e. The number of cyclic esters (lactones) is 1. The van der Waals surface area contributed by atoms with Gasteiger partial charge >= 0.3 is 5.97 Å². The van der Waals surface area contributed by atoms with Crippen molar-refractivity contribution >= 4 is 35.4 Å². The number of phenolic OH excluding ortho intramolecular Hbond substituents is 1. The summed E-state index contributed by atoms with van der Waals surface area (Å²) in [4.78, 5) is 82.0. The first-order chi connectivity index (χ1) is 37.3. The molecule has 4 heterocycles. The molecule has 440 valence electrons. The number of nitrogens with zero attached hydrogens (tertiary/aromatic N) is 1. The molecular formula is C58H86FN5O15. The molecule has 3 saturated heterocycles. The van der Waals surface area contributed by atoms with Crippen LogP contribution in [0.15, 0.2) is 54.2 Å². The molecule has 4 amide bonds. The highest BCUT2D eigenvalue weighted by Crippen LogP contribution is 2.57. The first-order valence-electron chi connectivity index (χ1n) is 28.2. The molecular weight excluding hydrogens is 1030 g/mol. The van der Waals surface area contributed by atoms with Gasteiger partial charge in [0.2, 0.25) is 17.7 Å². The molecule has 4 unspecified atom stereocenters. The number of phenols is 1. The molecule has 0 radical (unpaired) electrons. The van der Waals surface area contributed by atoms with Gasteiger partial charge in [0.05, 0.1) is 48.6 Å². The monoisotopic (exact) mass is 1110 g/mol. The van der Waals surface area contributed by atoms with Gasteiger partial charge in [-0.25, -0.2) is 9.82 Å². The maximum atomic E-state index is 14.9. The number of aliphatic hydroxyl groups is 6. The Morgan fingerprint density at radius 2 is 1.63 bits per heavy atom. The normalized spacial score (nSPS) is 35.8. The van der Waals surface area contributed by atoms with Crippen molar-refractivity contribution in [3.05, 3.63) is 65.5 Å². The number of aromatic hydroxyl groups is 1. The number of ether oxygens (including phenoxy) is 2. The molecule has 1 spiro atoms. The number of halogens is 1. The van der Waals surface area contributed by atoms with E-state index in [1.165, 1.54) is 32.1 Å². The number of carbonyl (C=O) groups is 6. The number of ketones is 1. The summed E-state index contributed by atoms with van der Waals surface area (Å²) in [5.41, 5.74) is 2.10. The highest BCUT2D eigenvalue weighted by Gasteiger charge is 2.67. The fourth-order valence-electron chi connectivity index (χ4n) is 11.8. The minimum Gasteiger partial charge on any atom is -0.508 e. The van der Waals surface area contributed by atoms with E-state index in [9.17, 15) is 68.9 Å². The second-order valence-corrected chi connectivity index (χ2v) is 23.4. The van der Waals surface area contributed by atoms with Gasteiger partial charge in [0.15, 0.2) is 0 Å². The van der Waals surface area contributed by atoms with E-state index in [1.54, 1.807) is 32.9 Å². The SMILES string of the molecule is CC[C@H]1C[C@@H]2C[C@H]3[C@@H](O)[C@@H](C)[C@H](C[C@H](O)[C@@H](C)CCC(O)C(O)/C=C(\C)[C@@H]4C/C=C/C=C/[C@H](O)[C@H](C)[C@@H](O)[C@@H](CCC(C)=O)C(=O)N[C@@H](C(C)C)C(=O)NC(c5cc(O)cc(F)c5)C(=O)N5CCCC(N5)C(=O)O4)O[C@]23NC1=O. The third kappa shape index (κ3) is 15.3. The van der Waals surface area contributed by atoms with E-state index < -0.39 is 126 Å². The molecule has 1 aliphatic carbocycles. The number of amides is 4. The average molecular weight is 1110 g/mol. The molecule has 20 nitrogen and oxygen atoms in total. The predicted octanol–water partition coefficient (Wildman–Crippen LogP) is 3.21. The number of aliphatic hydroxyl groups excluding tert-OH is 6. The van der Waals surface area contributed by atoms with Crippen molar-refractivity contribution in [1.29, 1.82) is 0 Å². The summed E-state index contributed by atoms with van der Waals surface area (Å²) in [5.74, 6) is -9.04. The number of hydrogen-bond acceptors (Lipinski definition) is 16. The second-order valence-electron chi connectivity index (χ2n) is 23.4. The summed E-state index contributed by atoms with van der Waals surface area (Å²) in [5, 5.41) is 88.1. The van der Waals surface area contributed by atoms with Crippen LogP contribution in [0.5, 0.6) is 5.75 Å². The molecule has 11 N–H and O–H groups in total. The maximum Gasteiger partial charge on any atom is 0.325 e. The first kappa shape index (κ1) is 63.1. The Morgan fingerprint density at radius 3 is 2.30 bits per heavy atom. The summed E-state index contributed by atoms with van der Waals surface area (Å²) < 4.78 is 27.6. The van der Waals surface area contributed by atoms with Gasteiger partial charge in [0.1, 0.15) is 47.3 Å². The highest BCUT2D eigenvalue weighted by atomic mass is 19.1. The van der Waals surface area contributed by atoms with E-state index >= 15 is 0 Å². The standard InChI is InChI=1S/C58H86FN5O15/c1-9-35-23-37-26-41-52(72)34(8)48(79-58(37,41)62-53(35)73)28-45(69)30(4)17-20-44(68)46(70)22-31(5)47-16-12-10-11-15-43(67)33(7)51(71)40(19-18-32(6)65)54(74)60-49(29(2)3)55(75)61-50(36-24-38(59)27-39(66)25-36)56(76)64-21-13-14-42(63-64)57(77)78-47/h10-12,15,22,24-25,27,29-30,33-35,37,40-52,63,66-72H,9,13-14,16-21,23,26,28H2,1-8H3,(H,60,74)(H,61,75)(H,62,73)/b12-10+,15-11+,31-22+/t30-,33-,34-,35-,37+,40+,41-,42?,43-,44?,45-,46?,47-,48-,49-,50?,51+,52-,58+/m0/s1. The van der Waals surface area contributed by atoms with Gasteiger partial charge in [-0.3, -0.25) is 29.0 Å². The van der Waals surface area contributed by atoms with E-state index in [0.29, 0.717) is 18.4 Å². The van der Waals surface area contributed by atoms with Crippen LogP contribution in [-0.2, 0) is 38.2 Å². The Balaban J connectivity index is 1.20. The molecule has 79 heavy (non-hydrogen) atoms. The van der Waals surface area contributed by atoms with Crippen LogP contribution in [0.3, 0.4) is 0 Å². The zero-order valence-corrected chi connectivity index (χ0v) is 46.8. The summed E-state index contributed by atoms with van der Waals surface area (Å²) >= 11 is 0. The molecule has 4 aliphatic heterocycles. The van der Waals surface area contributed by atoms with E-state index in [-0.39, 0.29) is 105 Å². The van der Waals surface area contributed by atoms with Crippen LogP contribution in [0.2, 0.25) is 0 Å². The number of piperidine rings is 1. The molecule has 4 fully saturated rings. The Labute approximate surface area is 462 Å². The van der Waals surface area contributed by atoms with Gasteiger partial charge in [-0.05, 0) is 100 Å². The summed E-state index contributed by atoms with van der Waals surface area (Å²) in [6, 6.07) is -1.33. The fourth-order valence-corrected chi connectivity index (χ4v) is 11.8. The summed E-state index contributed by atoms with van der Waals surface area (Å²) in [6.07, 6.45) is 1.46. The van der Waals surface area contributed by atoms with Crippen molar-refractivity contribution in [3.63, 3.8) is 0 Å². The minimum atomic E-state index is -1.68. The highest BCUT2D eigenvalue weighted by molar-refractivity contribution is 5.93. The molecule has 21 heteroatoms. The lowest BCUT2D eigenvalue weighted by Gasteiger charge is -2.65. The second kappa shape index (κ2) is 27.6. The van der Waals surface area contributed by atoms with Gasteiger partial charge in [0, 0.05) is 61.5 Å². The smallest absolute Gasteiger partial charge is 0.325 e. The molecule has 2 bridgehead atoms. The van der Waals surface area contributed by atoms with Crippen LogP contribution in [0.4, 0.5) is 4.39 Å². The zero-order valence-electron chi connectivity index (χ0n) is 46.8. The Bertz CT molecular complexity index is 2400. The van der Waals surface area contributed by atoms with Gasteiger partial charge in [-0.15, -0.1) is 0 Å². The lowest BCUT2D eigenvalue weighted by Crippen LogP contribution is -2.78. The van der Waals surface area contributed by atoms with Crippen molar-refractivity contribution in [3.8, 4) is 5.75 Å². The van der Waals surface area contributed by atoms with Crippen LogP contribution in [0, 0.1) is 53.2 Å². The van der Waals surface area contributed by atoms with Gasteiger partial charge in [0.25, 0.3) is 5.91 Å². The van der Waals surface area contributed by atoms with Crippen molar-refractivity contribution in [2.45, 2.75) is 199 Å². The Hall–Kier alpha value is -5.13. The molecule has 19 atom stereocenters. The van der Waals surface area contributed by atoms with Crippen LogP contribution in [0.25, 0.3) is 0 Å². The quantitative estimate of drug-likeness (QED) is 0.0888. The number of benzene rings is 1. The Morgan fingerprint density at radius 1 is 0.911 bits per heavy atom. The van der Waals surface area contributed by atoms with E-state index in [4.69, 9.17) is 9.47 Å². The van der Waals surface area contributed by atoms with Crippen LogP contribution < -0.4 is 21.4 Å². The van der Waals surface area contributed by atoms with Crippen LogP contribution >= 0.6 is 0 Å². The predicted molar refractivity (Wildman–Crippen MR) is 287 cm³/mol. The molecule has 0 aromatic heterocycles. The number of hydrogen-bond donors (Lipinski definition) is 11. The molecule has 6 rings (SSSR count). The van der Waals surface area contributed by atoms with Crippen molar-refractivity contribution in [2.75, 3.05) is 6.54 Å². The van der Waals surface area contributed by atoms with Crippen LogP contribution in [0.1, 0.15) is 138 Å². The van der Waals surface area contributed by atoms with Crippen molar-refractivity contribution in [1.82, 2.24) is 26.4 Å². The van der Waals surface area contributed by atoms with E-state index in [1.807, 2.05) is 20.8 Å². The zero-order chi connectivity index (χ0) is 58.2. The number of allylic oxidation sites excluding steroid dienone is 2. The lowest BCUT2D eigenvalue weighted by molar-refractivity contribution is -0.320. The number of rotatable bonds is 15. The summed E-state index contributed by atoms with van der Waals surface area (Å²) in [7, 11) is 0. The molecule has 5 aliphatic rings. The summed E-state index contributed by atoms with van der Waals surface area (Å²) in [6.45, 7) is 13.4. The van der Waals surface area contributed by atoms with E-state index in [2.05, 4.69) is 21.4 Å². The third-order valence-electron chi connectivity index (χ3n) is 17.3. The lowest BCUT2D eigenvalue weighted by atomic mass is 9.55. The number of hydrazine groups is 1. The fraction of sp³-hybridized carbons (Fsp3) is 0.690. The molecule has 1 aromatic rings.